The molecule has 1 aliphatic heterocycles. The Morgan fingerprint density at radius 1 is 1.40 bits per heavy atom. The number of aliphatic hydroxyl groups is 1. The SMILES string of the molecule is C#C[C@@]1(F)[C@H](O)[C@@H](COP(=O)(N[C@H](C)C(=O)OC)Oc2ccccc2)O[C@H]1n1cnc2c(N(C)C)nc(N)nc21. The van der Waals surface area contributed by atoms with Gasteiger partial charge in [0.25, 0.3) is 0 Å². The predicted octanol–water partition coefficient (Wildman–Crippen LogP) is 1.43. The quantitative estimate of drug-likeness (QED) is 0.179. The van der Waals surface area contributed by atoms with Crippen molar-refractivity contribution in [1.29, 1.82) is 0 Å². The fraction of sp³-hybridized carbons (Fsp3) is 0.417. The van der Waals surface area contributed by atoms with Gasteiger partial charge in [-0.15, -0.1) is 6.42 Å². The van der Waals surface area contributed by atoms with Gasteiger partial charge in [0.2, 0.25) is 11.6 Å². The highest BCUT2D eigenvalue weighted by atomic mass is 31.2. The molecule has 0 spiro atoms. The molecule has 0 bridgehead atoms. The number of carbonyl (C=O) groups excluding carboxylic acids is 1. The van der Waals surface area contributed by atoms with Crippen molar-refractivity contribution in [3.63, 3.8) is 0 Å². The van der Waals surface area contributed by atoms with Crippen LogP contribution in [0.25, 0.3) is 11.2 Å². The van der Waals surface area contributed by atoms with Crippen LogP contribution in [-0.2, 0) is 23.4 Å². The van der Waals surface area contributed by atoms with E-state index in [1.54, 1.807) is 37.2 Å². The summed E-state index contributed by atoms with van der Waals surface area (Å²) in [5.41, 5.74) is 3.47. The molecule has 0 radical (unpaired) electrons. The van der Waals surface area contributed by atoms with Crippen LogP contribution in [0.3, 0.4) is 0 Å². The van der Waals surface area contributed by atoms with E-state index in [2.05, 4.69) is 24.8 Å². The van der Waals surface area contributed by atoms with Gasteiger partial charge in [-0.3, -0.25) is 13.9 Å². The molecule has 214 valence electrons. The Morgan fingerprint density at radius 3 is 2.73 bits per heavy atom. The molecular weight excluding hydrogens is 548 g/mol. The van der Waals surface area contributed by atoms with E-state index in [0.717, 1.165) is 7.11 Å². The summed E-state index contributed by atoms with van der Waals surface area (Å²) >= 11 is 0. The Morgan fingerprint density at radius 2 is 2.10 bits per heavy atom. The number of ether oxygens (including phenoxy) is 2. The van der Waals surface area contributed by atoms with Crippen molar-refractivity contribution < 1.29 is 37.4 Å². The molecule has 3 heterocycles. The molecule has 3 aromatic rings. The van der Waals surface area contributed by atoms with Crippen LogP contribution in [0.2, 0.25) is 0 Å². The van der Waals surface area contributed by atoms with Crippen LogP contribution < -0.4 is 20.2 Å². The van der Waals surface area contributed by atoms with Crippen LogP contribution in [0, 0.1) is 12.3 Å². The maximum atomic E-state index is 16.2. The first-order valence-electron chi connectivity index (χ1n) is 11.9. The molecule has 0 aliphatic carbocycles. The number of aliphatic hydroxyl groups excluding tert-OH is 1. The lowest BCUT2D eigenvalue weighted by Crippen LogP contribution is -2.42. The highest BCUT2D eigenvalue weighted by Gasteiger charge is 2.58. The van der Waals surface area contributed by atoms with Crippen LogP contribution >= 0.6 is 7.75 Å². The summed E-state index contributed by atoms with van der Waals surface area (Å²) in [6.45, 7) is 0.737. The molecule has 0 amide bonds. The third-order valence-corrected chi connectivity index (χ3v) is 7.69. The topological polar surface area (TPSA) is 176 Å². The summed E-state index contributed by atoms with van der Waals surface area (Å²) in [6.07, 6.45) is 1.77. The molecule has 1 unspecified atom stereocenters. The van der Waals surface area contributed by atoms with E-state index in [0.29, 0.717) is 5.82 Å². The van der Waals surface area contributed by atoms with Gasteiger partial charge < -0.3 is 29.7 Å². The summed E-state index contributed by atoms with van der Waals surface area (Å²) in [5.74, 6) is 1.64. The number of nitrogens with two attached hydrogens (primary N) is 1. The number of imidazole rings is 1. The Balaban J connectivity index is 1.62. The van der Waals surface area contributed by atoms with Gasteiger partial charge in [-0.05, 0) is 19.1 Å². The lowest BCUT2D eigenvalue weighted by Gasteiger charge is -2.24. The first-order valence-corrected chi connectivity index (χ1v) is 13.5. The highest BCUT2D eigenvalue weighted by molar-refractivity contribution is 7.52. The Hall–Kier alpha value is -3.80. The van der Waals surface area contributed by atoms with Gasteiger partial charge in [0.15, 0.2) is 23.2 Å². The minimum atomic E-state index is -4.31. The molecule has 40 heavy (non-hydrogen) atoms. The van der Waals surface area contributed by atoms with Crippen molar-refractivity contribution >= 4 is 36.6 Å². The number of hydrogen-bond acceptors (Lipinski definition) is 12. The van der Waals surface area contributed by atoms with Gasteiger partial charge in [0.1, 0.15) is 24.0 Å². The lowest BCUT2D eigenvalue weighted by atomic mass is 9.97. The molecule has 16 heteroatoms. The normalized spacial score (nSPS) is 24.7. The summed E-state index contributed by atoms with van der Waals surface area (Å²) in [5, 5.41) is 13.4. The standard InChI is InChI=1S/C24H29FN7O7P/c1-6-24(25)18(33)16(38-22(24)32-13-27-17-19(31(3)4)28-23(26)29-20(17)32)12-37-40(35,30-14(2)21(34)36-5)39-15-10-8-7-9-11-15/h1,7-11,13-14,16,18,22,33H,12H2,2-5H3,(H,30,35)(H2,26,28,29)/t14-,16-,18-,22-,24-,40?/m1/s1. The van der Waals surface area contributed by atoms with Gasteiger partial charge in [-0.1, -0.05) is 24.1 Å². The Labute approximate surface area is 229 Å². The number of carbonyl (C=O) groups is 1. The fourth-order valence-corrected chi connectivity index (χ4v) is 5.56. The zero-order valence-electron chi connectivity index (χ0n) is 22.1. The number of hydrogen-bond donors (Lipinski definition) is 3. The number of anilines is 2. The number of aromatic nitrogens is 4. The number of para-hydroxylation sites is 1. The third kappa shape index (κ3) is 5.58. The van der Waals surface area contributed by atoms with Crippen LogP contribution in [0.4, 0.5) is 16.2 Å². The number of esters is 1. The van der Waals surface area contributed by atoms with Gasteiger partial charge in [-0.25, -0.2) is 13.9 Å². The average Bonchev–Trinajstić information content (AvgIpc) is 3.45. The summed E-state index contributed by atoms with van der Waals surface area (Å²) in [7, 11) is 0.281. The Kier molecular flexibility index (Phi) is 8.29. The van der Waals surface area contributed by atoms with E-state index >= 15 is 4.39 Å². The second-order valence-corrected chi connectivity index (χ2v) is 10.8. The van der Waals surface area contributed by atoms with Crippen molar-refractivity contribution in [3.8, 4) is 18.1 Å². The van der Waals surface area contributed by atoms with Crippen LogP contribution in [0.5, 0.6) is 5.75 Å². The molecule has 14 nitrogen and oxygen atoms in total. The number of methoxy groups -OCH3 is 1. The number of halogens is 1. The monoisotopic (exact) mass is 577 g/mol. The van der Waals surface area contributed by atoms with Gasteiger partial charge in [0, 0.05) is 14.1 Å². The maximum absolute atomic E-state index is 16.2. The number of benzene rings is 1. The van der Waals surface area contributed by atoms with Crippen LogP contribution in [0.15, 0.2) is 36.7 Å². The van der Waals surface area contributed by atoms with Crippen molar-refractivity contribution in [2.24, 2.45) is 0 Å². The van der Waals surface area contributed by atoms with Crippen molar-refractivity contribution in [3.05, 3.63) is 36.7 Å². The van der Waals surface area contributed by atoms with Crippen LogP contribution in [-0.4, -0.2) is 82.3 Å². The third-order valence-electron chi connectivity index (χ3n) is 6.05. The molecule has 1 saturated heterocycles. The molecule has 4 N–H and O–H groups in total. The van der Waals surface area contributed by atoms with Gasteiger partial charge in [0.05, 0.1) is 20.0 Å². The number of alkyl halides is 1. The number of nitrogen functional groups attached to an aromatic ring is 1. The molecule has 1 aliphatic rings. The fourth-order valence-electron chi connectivity index (χ4n) is 4.06. The maximum Gasteiger partial charge on any atom is 0.459 e. The number of fused-ring (bicyclic) bond motifs is 1. The molecule has 4 rings (SSSR count). The molecule has 6 atom stereocenters. The lowest BCUT2D eigenvalue weighted by molar-refractivity contribution is -0.142. The van der Waals surface area contributed by atoms with E-state index in [9.17, 15) is 14.5 Å². The molecule has 2 aromatic heterocycles. The second kappa shape index (κ2) is 11.4. The molecule has 1 aromatic carbocycles. The number of terminal acetylenes is 1. The largest absolute Gasteiger partial charge is 0.468 e. The molecule has 0 saturated carbocycles. The smallest absolute Gasteiger partial charge is 0.459 e. The van der Waals surface area contributed by atoms with Gasteiger partial charge in [-0.2, -0.15) is 15.1 Å². The summed E-state index contributed by atoms with van der Waals surface area (Å²) in [6, 6.07) is 6.91. The first-order chi connectivity index (χ1) is 18.9. The van der Waals surface area contributed by atoms with Crippen LogP contribution in [0.1, 0.15) is 13.2 Å². The number of nitrogens with one attached hydrogen (secondary N) is 1. The van der Waals surface area contributed by atoms with E-state index in [-0.39, 0.29) is 22.9 Å². The van der Waals surface area contributed by atoms with Crippen molar-refractivity contribution in [2.45, 2.75) is 37.1 Å². The minimum absolute atomic E-state index is 0.105. The van der Waals surface area contributed by atoms with E-state index < -0.39 is 50.5 Å². The number of nitrogens with zero attached hydrogens (tertiary/aromatic N) is 5. The van der Waals surface area contributed by atoms with E-state index in [1.165, 1.54) is 30.0 Å². The minimum Gasteiger partial charge on any atom is -0.468 e. The van der Waals surface area contributed by atoms with Crippen molar-refractivity contribution in [2.75, 3.05) is 38.4 Å². The average molecular weight is 578 g/mol. The van der Waals surface area contributed by atoms with Gasteiger partial charge >= 0.3 is 13.7 Å². The zero-order valence-corrected chi connectivity index (χ0v) is 23.0. The molecular formula is C24H29FN7O7P. The zero-order chi connectivity index (χ0) is 29.2. The molecule has 1 fully saturated rings. The second-order valence-electron chi connectivity index (χ2n) is 9.08. The Bertz CT molecular complexity index is 1470. The predicted molar refractivity (Wildman–Crippen MR) is 142 cm³/mol. The van der Waals surface area contributed by atoms with Crippen molar-refractivity contribution in [1.82, 2.24) is 24.6 Å². The summed E-state index contributed by atoms with van der Waals surface area (Å²) < 4.78 is 52.5. The van der Waals surface area contributed by atoms with E-state index in [1.807, 2.05) is 5.92 Å². The number of rotatable bonds is 10. The first kappa shape index (κ1) is 29.2. The highest BCUT2D eigenvalue weighted by Crippen LogP contribution is 2.48. The van der Waals surface area contributed by atoms with E-state index in [4.69, 9.17) is 25.9 Å². The summed E-state index contributed by atoms with van der Waals surface area (Å²) in [4.78, 5) is 26.2.